The van der Waals surface area contributed by atoms with Crippen LogP contribution in [0.2, 0.25) is 0 Å². The van der Waals surface area contributed by atoms with E-state index >= 15 is 0 Å². The van der Waals surface area contributed by atoms with E-state index in [4.69, 9.17) is 9.15 Å². The topological polar surface area (TPSA) is 42.7 Å². The summed E-state index contributed by atoms with van der Waals surface area (Å²) in [6, 6.07) is 14.1. The summed E-state index contributed by atoms with van der Waals surface area (Å²) >= 11 is 0. The van der Waals surface area contributed by atoms with Gasteiger partial charge in [-0.3, -0.25) is 4.79 Å². The molecule has 2 heterocycles. The van der Waals surface area contributed by atoms with E-state index in [0.29, 0.717) is 18.1 Å². The maximum atomic E-state index is 12.7. The highest BCUT2D eigenvalue weighted by atomic mass is 16.5. The maximum absolute atomic E-state index is 12.7. The number of hydrogen-bond acceptors (Lipinski definition) is 3. The van der Waals surface area contributed by atoms with Gasteiger partial charge in [-0.1, -0.05) is 30.3 Å². The SMILES string of the molecule is COCc1ccc(C(=O)N2CCCC2Cc2ccccc2)o1. The lowest BCUT2D eigenvalue weighted by Crippen LogP contribution is -2.36. The summed E-state index contributed by atoms with van der Waals surface area (Å²) in [7, 11) is 1.61. The zero-order valence-electron chi connectivity index (χ0n) is 12.8. The van der Waals surface area contributed by atoms with Crippen LogP contribution in [0.15, 0.2) is 46.9 Å². The van der Waals surface area contributed by atoms with Crippen LogP contribution in [0.3, 0.4) is 0 Å². The van der Waals surface area contributed by atoms with Gasteiger partial charge in [0.15, 0.2) is 5.76 Å². The van der Waals surface area contributed by atoms with Gasteiger partial charge in [-0.2, -0.15) is 0 Å². The lowest BCUT2D eigenvalue weighted by atomic mass is 10.0. The van der Waals surface area contributed by atoms with Crippen molar-refractivity contribution in [2.75, 3.05) is 13.7 Å². The quantitative estimate of drug-likeness (QED) is 0.851. The molecule has 2 aromatic rings. The van der Waals surface area contributed by atoms with Gasteiger partial charge in [0, 0.05) is 19.7 Å². The summed E-state index contributed by atoms with van der Waals surface area (Å²) in [5, 5.41) is 0. The van der Waals surface area contributed by atoms with Gasteiger partial charge in [0.05, 0.1) is 0 Å². The van der Waals surface area contributed by atoms with E-state index < -0.39 is 0 Å². The van der Waals surface area contributed by atoms with Gasteiger partial charge in [0.25, 0.3) is 5.91 Å². The van der Waals surface area contributed by atoms with Crippen molar-refractivity contribution in [2.24, 2.45) is 0 Å². The van der Waals surface area contributed by atoms with Crippen LogP contribution < -0.4 is 0 Å². The summed E-state index contributed by atoms with van der Waals surface area (Å²) in [5.41, 5.74) is 1.27. The second-order valence-electron chi connectivity index (χ2n) is 5.68. The molecule has 1 amide bonds. The van der Waals surface area contributed by atoms with Crippen LogP contribution in [0.4, 0.5) is 0 Å². The fourth-order valence-corrected chi connectivity index (χ4v) is 3.06. The minimum Gasteiger partial charge on any atom is -0.453 e. The molecule has 1 unspecified atom stereocenters. The molecule has 116 valence electrons. The predicted octanol–water partition coefficient (Wildman–Crippen LogP) is 3.27. The smallest absolute Gasteiger partial charge is 0.289 e. The minimum atomic E-state index is -0.0132. The molecule has 0 saturated carbocycles. The van der Waals surface area contributed by atoms with E-state index in [-0.39, 0.29) is 11.9 Å². The number of rotatable bonds is 5. The molecule has 1 aromatic carbocycles. The molecule has 22 heavy (non-hydrogen) atoms. The summed E-state index contributed by atoms with van der Waals surface area (Å²) in [6.07, 6.45) is 3.00. The molecule has 1 aromatic heterocycles. The number of ether oxygens (including phenoxy) is 1. The maximum Gasteiger partial charge on any atom is 0.289 e. The van der Waals surface area contributed by atoms with Gasteiger partial charge in [-0.25, -0.2) is 0 Å². The fraction of sp³-hybridized carbons (Fsp3) is 0.389. The Labute approximate surface area is 130 Å². The Balaban J connectivity index is 1.70. The number of likely N-dealkylation sites (tertiary alicyclic amines) is 1. The third kappa shape index (κ3) is 3.22. The second kappa shape index (κ2) is 6.79. The lowest BCUT2D eigenvalue weighted by molar-refractivity contribution is 0.0696. The van der Waals surface area contributed by atoms with Crippen LogP contribution in [-0.4, -0.2) is 30.5 Å². The predicted molar refractivity (Wildman–Crippen MR) is 83.6 cm³/mol. The van der Waals surface area contributed by atoms with Crippen molar-refractivity contribution < 1.29 is 13.9 Å². The van der Waals surface area contributed by atoms with E-state index in [9.17, 15) is 4.79 Å². The average Bonchev–Trinajstić information content (AvgIpc) is 3.18. The lowest BCUT2D eigenvalue weighted by Gasteiger charge is -2.24. The monoisotopic (exact) mass is 299 g/mol. The molecule has 1 aliphatic heterocycles. The first-order valence-electron chi connectivity index (χ1n) is 7.70. The van der Waals surface area contributed by atoms with Gasteiger partial charge in [0.2, 0.25) is 0 Å². The molecule has 1 saturated heterocycles. The van der Waals surface area contributed by atoms with Crippen molar-refractivity contribution in [2.45, 2.75) is 31.9 Å². The Morgan fingerprint density at radius 3 is 2.86 bits per heavy atom. The number of benzene rings is 1. The standard InChI is InChI=1S/C18H21NO3/c1-21-13-16-9-10-17(22-16)18(20)19-11-5-8-15(19)12-14-6-3-2-4-7-14/h2-4,6-7,9-10,15H,5,8,11-13H2,1H3. The van der Waals surface area contributed by atoms with Crippen LogP contribution in [0.5, 0.6) is 0 Å². The Kier molecular flexibility index (Phi) is 4.59. The summed E-state index contributed by atoms with van der Waals surface area (Å²) < 4.78 is 10.6. The molecule has 0 bridgehead atoms. The Hall–Kier alpha value is -2.07. The molecule has 0 radical (unpaired) electrons. The van der Waals surface area contributed by atoms with Crippen molar-refractivity contribution in [3.63, 3.8) is 0 Å². The number of amides is 1. The Bertz CT molecular complexity index is 620. The van der Waals surface area contributed by atoms with Gasteiger partial charge in [-0.05, 0) is 37.0 Å². The third-order valence-corrected chi connectivity index (χ3v) is 4.11. The average molecular weight is 299 g/mol. The van der Waals surface area contributed by atoms with Crippen LogP contribution in [0.1, 0.15) is 34.7 Å². The van der Waals surface area contributed by atoms with Crippen molar-refractivity contribution in [3.8, 4) is 0 Å². The number of nitrogens with zero attached hydrogens (tertiary/aromatic N) is 1. The summed E-state index contributed by atoms with van der Waals surface area (Å²) in [5.74, 6) is 1.08. The van der Waals surface area contributed by atoms with Gasteiger partial charge >= 0.3 is 0 Å². The molecule has 1 atom stereocenters. The van der Waals surface area contributed by atoms with Crippen LogP contribution >= 0.6 is 0 Å². The first-order chi connectivity index (χ1) is 10.8. The highest BCUT2D eigenvalue weighted by molar-refractivity contribution is 5.92. The van der Waals surface area contributed by atoms with Crippen LogP contribution in [-0.2, 0) is 17.8 Å². The van der Waals surface area contributed by atoms with Crippen molar-refractivity contribution in [1.29, 1.82) is 0 Å². The molecule has 1 fully saturated rings. The first kappa shape index (κ1) is 14.9. The number of carbonyl (C=O) groups is 1. The van der Waals surface area contributed by atoms with E-state index in [1.54, 1.807) is 19.2 Å². The van der Waals surface area contributed by atoms with Crippen molar-refractivity contribution >= 4 is 5.91 Å². The normalized spacial score (nSPS) is 17.9. The summed E-state index contributed by atoms with van der Waals surface area (Å²) in [4.78, 5) is 14.6. The van der Waals surface area contributed by atoms with E-state index in [2.05, 4.69) is 12.1 Å². The minimum absolute atomic E-state index is 0.0132. The molecule has 4 heteroatoms. The third-order valence-electron chi connectivity index (χ3n) is 4.11. The Morgan fingerprint density at radius 1 is 1.27 bits per heavy atom. The number of furan rings is 1. The molecular formula is C18H21NO3. The zero-order chi connectivity index (χ0) is 15.4. The largest absolute Gasteiger partial charge is 0.453 e. The number of hydrogen-bond donors (Lipinski definition) is 0. The summed E-state index contributed by atoms with van der Waals surface area (Å²) in [6.45, 7) is 1.19. The number of carbonyl (C=O) groups excluding carboxylic acids is 1. The molecule has 4 nitrogen and oxygen atoms in total. The fourth-order valence-electron chi connectivity index (χ4n) is 3.06. The molecular weight excluding hydrogens is 278 g/mol. The molecule has 1 aliphatic rings. The van der Waals surface area contributed by atoms with E-state index in [1.165, 1.54) is 5.56 Å². The first-order valence-corrected chi connectivity index (χ1v) is 7.70. The molecule has 3 rings (SSSR count). The molecule has 0 spiro atoms. The molecule has 0 N–H and O–H groups in total. The van der Waals surface area contributed by atoms with Crippen LogP contribution in [0.25, 0.3) is 0 Å². The van der Waals surface area contributed by atoms with Crippen LogP contribution in [0, 0.1) is 0 Å². The molecule has 0 aliphatic carbocycles. The highest BCUT2D eigenvalue weighted by Crippen LogP contribution is 2.24. The van der Waals surface area contributed by atoms with Crippen molar-refractivity contribution in [1.82, 2.24) is 4.90 Å². The Morgan fingerprint density at radius 2 is 2.09 bits per heavy atom. The van der Waals surface area contributed by atoms with Gasteiger partial charge < -0.3 is 14.1 Å². The highest BCUT2D eigenvalue weighted by Gasteiger charge is 2.30. The second-order valence-corrected chi connectivity index (χ2v) is 5.68. The zero-order valence-corrected chi connectivity index (χ0v) is 12.8. The van der Waals surface area contributed by atoms with Gasteiger partial charge in [-0.15, -0.1) is 0 Å². The van der Waals surface area contributed by atoms with E-state index in [0.717, 1.165) is 25.8 Å². The number of methoxy groups -OCH3 is 1. The van der Waals surface area contributed by atoms with Crippen molar-refractivity contribution in [3.05, 3.63) is 59.5 Å². The van der Waals surface area contributed by atoms with E-state index in [1.807, 2.05) is 23.1 Å². The van der Waals surface area contributed by atoms with Gasteiger partial charge in [0.1, 0.15) is 12.4 Å².